The summed E-state index contributed by atoms with van der Waals surface area (Å²) in [6.07, 6.45) is 0. The first kappa shape index (κ1) is 24.0. The number of esters is 2. The van der Waals surface area contributed by atoms with Gasteiger partial charge in [-0.25, -0.2) is 27.2 Å². The lowest BCUT2D eigenvalue weighted by molar-refractivity contribution is 0.0719. The number of hydrogen-bond acceptors (Lipinski definition) is 4. The van der Waals surface area contributed by atoms with Crippen molar-refractivity contribution in [1.29, 1.82) is 0 Å². The molecule has 5 aromatic carbocycles. The smallest absolute Gasteiger partial charge is 0.346 e. The maximum absolute atomic E-state index is 14.0. The fourth-order valence-corrected chi connectivity index (χ4v) is 4.09. The molecule has 4 nitrogen and oxygen atoms in total. The van der Waals surface area contributed by atoms with Gasteiger partial charge in [0.05, 0.1) is 11.1 Å². The van der Waals surface area contributed by atoms with Crippen LogP contribution in [0.4, 0.5) is 17.6 Å². The second kappa shape index (κ2) is 9.39. The van der Waals surface area contributed by atoms with Crippen LogP contribution in [-0.4, -0.2) is 11.9 Å². The summed E-state index contributed by atoms with van der Waals surface area (Å²) in [6, 6.07) is 17.9. The van der Waals surface area contributed by atoms with Gasteiger partial charge in [-0.2, -0.15) is 0 Å². The molecule has 0 saturated heterocycles. The predicted octanol–water partition coefficient (Wildman–Crippen LogP) is 7.30. The van der Waals surface area contributed by atoms with Gasteiger partial charge in [0.2, 0.25) is 0 Å². The van der Waals surface area contributed by atoms with Gasteiger partial charge in [0.15, 0.2) is 23.3 Å². The fourth-order valence-electron chi connectivity index (χ4n) is 4.09. The second-order valence-corrected chi connectivity index (χ2v) is 8.25. The standard InChI is InChI=1S/C29H16F4O4/c1-15-20-10-8-18(36-28(34)22-4-2-6-24(30)26(22)32)13-16(20)12-17-14-19(9-11-21(15)17)37-29(35)23-5-3-7-25(31)27(23)33/h2-14H,1H3. The number of carbonyl (C=O) groups is 2. The van der Waals surface area contributed by atoms with Crippen LogP contribution in [0.3, 0.4) is 0 Å². The van der Waals surface area contributed by atoms with E-state index in [4.69, 9.17) is 9.47 Å². The molecule has 0 aliphatic rings. The lowest BCUT2D eigenvalue weighted by Crippen LogP contribution is -2.11. The van der Waals surface area contributed by atoms with Crippen molar-refractivity contribution < 1.29 is 36.6 Å². The molecule has 0 bridgehead atoms. The molecule has 0 aliphatic carbocycles. The number of benzene rings is 5. The third-order valence-electron chi connectivity index (χ3n) is 5.93. The third-order valence-corrected chi connectivity index (χ3v) is 5.93. The molecule has 37 heavy (non-hydrogen) atoms. The van der Waals surface area contributed by atoms with E-state index in [1.807, 2.05) is 6.92 Å². The van der Waals surface area contributed by atoms with E-state index in [0.717, 1.165) is 40.6 Å². The Kier molecular flexibility index (Phi) is 6.09. The van der Waals surface area contributed by atoms with Crippen LogP contribution in [0.1, 0.15) is 26.3 Å². The zero-order valence-corrected chi connectivity index (χ0v) is 19.2. The Morgan fingerprint density at radius 2 is 1.03 bits per heavy atom. The molecule has 5 aromatic rings. The van der Waals surface area contributed by atoms with Crippen LogP contribution in [0, 0.1) is 30.2 Å². The van der Waals surface area contributed by atoms with Crippen molar-refractivity contribution in [2.45, 2.75) is 6.92 Å². The van der Waals surface area contributed by atoms with Gasteiger partial charge in [-0.15, -0.1) is 0 Å². The van der Waals surface area contributed by atoms with E-state index in [9.17, 15) is 27.2 Å². The molecule has 0 saturated carbocycles. The van der Waals surface area contributed by atoms with E-state index in [2.05, 4.69) is 0 Å². The van der Waals surface area contributed by atoms with Crippen LogP contribution in [0.15, 0.2) is 78.9 Å². The summed E-state index contributed by atoms with van der Waals surface area (Å²) in [5, 5.41) is 3.01. The molecule has 0 unspecified atom stereocenters. The van der Waals surface area contributed by atoms with Crippen LogP contribution in [0.2, 0.25) is 0 Å². The first-order valence-corrected chi connectivity index (χ1v) is 11.0. The average Bonchev–Trinajstić information content (AvgIpc) is 2.87. The summed E-state index contributed by atoms with van der Waals surface area (Å²) >= 11 is 0. The summed E-state index contributed by atoms with van der Waals surface area (Å²) in [5.41, 5.74) is -0.178. The molecule has 5 rings (SSSR count). The van der Waals surface area contributed by atoms with Gasteiger partial charge in [0.25, 0.3) is 0 Å². The minimum atomic E-state index is -1.30. The highest BCUT2D eigenvalue weighted by Crippen LogP contribution is 2.33. The Morgan fingerprint density at radius 3 is 1.46 bits per heavy atom. The van der Waals surface area contributed by atoms with Gasteiger partial charge in [0, 0.05) is 0 Å². The normalized spacial score (nSPS) is 11.1. The van der Waals surface area contributed by atoms with E-state index in [1.165, 1.54) is 12.1 Å². The topological polar surface area (TPSA) is 52.6 Å². The van der Waals surface area contributed by atoms with Crippen LogP contribution in [0.25, 0.3) is 21.5 Å². The second-order valence-electron chi connectivity index (χ2n) is 8.25. The monoisotopic (exact) mass is 504 g/mol. The molecule has 0 aliphatic heterocycles. The van der Waals surface area contributed by atoms with Crippen molar-refractivity contribution >= 4 is 33.5 Å². The molecule has 184 valence electrons. The number of hydrogen-bond donors (Lipinski definition) is 0. The molecular weight excluding hydrogens is 488 g/mol. The Labute approximate surface area is 207 Å². The molecule has 0 radical (unpaired) electrons. The fraction of sp³-hybridized carbons (Fsp3) is 0.0345. The summed E-state index contributed by atoms with van der Waals surface area (Å²) in [7, 11) is 0. The Hall–Kier alpha value is -4.72. The van der Waals surface area contributed by atoms with E-state index >= 15 is 0 Å². The van der Waals surface area contributed by atoms with Gasteiger partial charge in [-0.1, -0.05) is 24.3 Å². The summed E-state index contributed by atoms with van der Waals surface area (Å²) in [6.45, 7) is 1.88. The van der Waals surface area contributed by atoms with Crippen LogP contribution in [-0.2, 0) is 0 Å². The van der Waals surface area contributed by atoms with Crippen molar-refractivity contribution in [3.8, 4) is 11.5 Å². The number of ether oxygens (including phenoxy) is 2. The first-order chi connectivity index (χ1) is 17.7. The van der Waals surface area contributed by atoms with Crippen molar-refractivity contribution in [2.75, 3.05) is 0 Å². The third kappa shape index (κ3) is 4.49. The van der Waals surface area contributed by atoms with Crippen LogP contribution in [0.5, 0.6) is 11.5 Å². The summed E-state index contributed by atoms with van der Waals surface area (Å²) < 4.78 is 65.4. The van der Waals surface area contributed by atoms with E-state index in [1.54, 1.807) is 42.5 Å². The molecule has 0 atom stereocenters. The molecule has 0 spiro atoms. The van der Waals surface area contributed by atoms with Crippen molar-refractivity contribution in [2.24, 2.45) is 0 Å². The average molecular weight is 504 g/mol. The van der Waals surface area contributed by atoms with Gasteiger partial charge in [0.1, 0.15) is 11.5 Å². The molecule has 0 amide bonds. The van der Waals surface area contributed by atoms with E-state index < -0.39 is 46.3 Å². The SMILES string of the molecule is Cc1c2ccc(OC(=O)c3cccc(F)c3F)cc2cc2cc(OC(=O)c3cccc(F)c3F)ccc12. The molecule has 8 heteroatoms. The summed E-state index contributed by atoms with van der Waals surface area (Å²) in [5.74, 6) is -6.78. The largest absolute Gasteiger partial charge is 0.423 e. The highest BCUT2D eigenvalue weighted by Gasteiger charge is 2.19. The van der Waals surface area contributed by atoms with E-state index in [0.29, 0.717) is 10.8 Å². The molecule has 0 heterocycles. The minimum absolute atomic E-state index is 0.115. The van der Waals surface area contributed by atoms with Gasteiger partial charge >= 0.3 is 11.9 Å². The minimum Gasteiger partial charge on any atom is -0.423 e. The quantitative estimate of drug-likeness (QED) is 0.112. The number of rotatable bonds is 4. The molecular formula is C29H16F4O4. The number of fused-ring (bicyclic) bond motifs is 2. The Balaban J connectivity index is 1.47. The number of aryl methyl sites for hydroxylation is 1. The van der Waals surface area contributed by atoms with Gasteiger partial charge in [-0.3, -0.25) is 0 Å². The van der Waals surface area contributed by atoms with E-state index in [-0.39, 0.29) is 11.5 Å². The van der Waals surface area contributed by atoms with Crippen molar-refractivity contribution in [1.82, 2.24) is 0 Å². The molecule has 0 aromatic heterocycles. The molecule has 0 N–H and O–H groups in total. The maximum Gasteiger partial charge on any atom is 0.346 e. The highest BCUT2D eigenvalue weighted by atomic mass is 19.2. The Morgan fingerprint density at radius 1 is 0.595 bits per heavy atom. The lowest BCUT2D eigenvalue weighted by atomic mass is 9.97. The van der Waals surface area contributed by atoms with Gasteiger partial charge in [-0.05, 0) is 88.6 Å². The van der Waals surface area contributed by atoms with Crippen molar-refractivity contribution in [3.05, 3.63) is 119 Å². The first-order valence-electron chi connectivity index (χ1n) is 11.0. The van der Waals surface area contributed by atoms with Crippen LogP contribution < -0.4 is 9.47 Å². The lowest BCUT2D eigenvalue weighted by Gasteiger charge is -2.12. The number of halogens is 4. The number of carbonyl (C=O) groups excluding carboxylic acids is 2. The molecule has 0 fully saturated rings. The van der Waals surface area contributed by atoms with Gasteiger partial charge < -0.3 is 9.47 Å². The zero-order valence-electron chi connectivity index (χ0n) is 19.2. The maximum atomic E-state index is 14.0. The highest BCUT2D eigenvalue weighted by molar-refractivity contribution is 6.03. The predicted molar refractivity (Wildman–Crippen MR) is 129 cm³/mol. The zero-order chi connectivity index (χ0) is 26.3. The summed E-state index contributed by atoms with van der Waals surface area (Å²) in [4.78, 5) is 24.8. The van der Waals surface area contributed by atoms with Crippen molar-refractivity contribution in [3.63, 3.8) is 0 Å². The van der Waals surface area contributed by atoms with Crippen LogP contribution >= 0.6 is 0 Å². The Bertz CT molecular complexity index is 1610.